The minimum absolute atomic E-state index is 0. The first-order chi connectivity index (χ1) is 3.18. The molecule has 0 aromatic rings. The van der Waals surface area contributed by atoms with Crippen molar-refractivity contribution in [2.24, 2.45) is 0 Å². The molecule has 0 saturated heterocycles. The Morgan fingerprint density at radius 3 is 2.00 bits per heavy atom. The van der Waals surface area contributed by atoms with Crippen molar-refractivity contribution in [3.05, 3.63) is 19.6 Å². The Bertz CT molecular complexity index is 148. The second-order valence-corrected chi connectivity index (χ2v) is 0.831. The molecule has 0 amide bonds. The molecule has 0 bridgehead atoms. The zero-order chi connectivity index (χ0) is 5.86. The van der Waals surface area contributed by atoms with Gasteiger partial charge in [-0.1, -0.05) is 11.6 Å². The minimum Gasteiger partial charge on any atom is -0.535 e. The Balaban J connectivity index is -0.000000180. The second kappa shape index (κ2) is 7.39. The number of nitrogens with zero attached hydrogens (tertiary/aromatic N) is 1. The number of carboxylic acids is 1. The predicted molar refractivity (Wildman–Crippen MR) is 27.5 cm³/mol. The van der Waals surface area contributed by atoms with Crippen molar-refractivity contribution in [1.82, 2.24) is 0 Å². The van der Waals surface area contributed by atoms with Crippen molar-refractivity contribution in [2.75, 3.05) is 0 Å². The van der Waals surface area contributed by atoms with E-state index in [1.807, 2.05) is 0 Å². The van der Waals surface area contributed by atoms with Gasteiger partial charge in [-0.05, 0) is 0 Å². The third kappa shape index (κ3) is 7.39. The van der Waals surface area contributed by atoms with E-state index in [0.29, 0.717) is 0 Å². The fourth-order valence-corrected chi connectivity index (χ4v) is 0.0478. The van der Waals surface area contributed by atoms with Gasteiger partial charge in [0.15, 0.2) is 0 Å². The molecule has 48 valence electrons. The van der Waals surface area contributed by atoms with Crippen LogP contribution in [0.3, 0.4) is 0 Å². The van der Waals surface area contributed by atoms with Crippen LogP contribution in [0.25, 0.3) is 0 Å². The Morgan fingerprint density at radius 1 is 1.67 bits per heavy atom. The van der Waals surface area contributed by atoms with E-state index in [1.165, 1.54) is 6.07 Å². The van der Waals surface area contributed by atoms with Gasteiger partial charge in [0.25, 0.3) is 0 Å². The Morgan fingerprint density at radius 2 is 2.00 bits per heavy atom. The van der Waals surface area contributed by atoms with Crippen molar-refractivity contribution in [1.29, 1.82) is 5.26 Å². The van der Waals surface area contributed by atoms with Crippen LogP contribution in [0.15, 0.2) is 5.57 Å². The molecule has 1 N–H and O–H groups in total. The average molecular weight is 295 g/mol. The number of aliphatic carboxylic acids is 1. The van der Waals surface area contributed by atoms with Crippen molar-refractivity contribution in [3.63, 3.8) is 0 Å². The van der Waals surface area contributed by atoms with E-state index in [4.69, 9.17) is 10.4 Å². The second-order valence-electron chi connectivity index (χ2n) is 0.831. The molecule has 0 fully saturated rings. The largest absolute Gasteiger partial charge is 2.00 e. The van der Waals surface area contributed by atoms with Crippen LogP contribution in [-0.4, -0.2) is 11.1 Å². The summed E-state index contributed by atoms with van der Waals surface area (Å²) in [6.07, 6.45) is 0. The van der Waals surface area contributed by atoms with Crippen molar-refractivity contribution in [3.8, 4) is 6.07 Å². The third-order valence-electron chi connectivity index (χ3n) is 0.351. The first kappa shape index (κ1) is 15.8. The zero-order valence-corrected chi connectivity index (χ0v) is 7.72. The molecular formula is C5H5NO2W. The average Bonchev–Trinajstić information content (AvgIpc) is 1.65. The van der Waals surface area contributed by atoms with E-state index < -0.39 is 11.5 Å². The van der Waals surface area contributed by atoms with Crippen LogP contribution in [0.2, 0.25) is 0 Å². The number of rotatable bonds is 1. The smallest absolute Gasteiger partial charge is 0.535 e. The maximum atomic E-state index is 9.55. The summed E-state index contributed by atoms with van der Waals surface area (Å²) in [6.45, 7) is 4.57. The molecule has 0 atom stereocenters. The van der Waals surface area contributed by atoms with E-state index in [-0.39, 0.29) is 28.5 Å². The van der Waals surface area contributed by atoms with Gasteiger partial charge in [0.2, 0.25) is 5.97 Å². The van der Waals surface area contributed by atoms with E-state index in [0.717, 1.165) is 0 Å². The van der Waals surface area contributed by atoms with Crippen LogP contribution >= 0.6 is 0 Å². The summed E-state index contributed by atoms with van der Waals surface area (Å²) in [5, 5.41) is 15.5. The molecule has 0 unspecified atom stereocenters. The third-order valence-corrected chi connectivity index (χ3v) is 0.351. The van der Waals surface area contributed by atoms with Crippen molar-refractivity contribution < 1.29 is 31.0 Å². The van der Waals surface area contributed by atoms with Crippen LogP contribution in [0.4, 0.5) is 0 Å². The molecule has 0 aliphatic carbocycles. The van der Waals surface area contributed by atoms with Crippen LogP contribution < -0.4 is 0 Å². The van der Waals surface area contributed by atoms with Crippen molar-refractivity contribution >= 4 is 5.97 Å². The number of hydrogen-bond acceptors (Lipinski definition) is 2. The molecule has 0 heterocycles. The van der Waals surface area contributed by atoms with Crippen molar-refractivity contribution in [2.45, 2.75) is 0 Å². The minimum atomic E-state index is -1.37. The molecule has 0 aliphatic heterocycles. The standard InChI is InChI=1S/C4H2NO2.CH3.W/c1-3(2-5)4(6)7;;/h1H,(H,6,7);1H3;/q2*-1;+2. The van der Waals surface area contributed by atoms with Crippen LogP contribution in [0.5, 0.6) is 0 Å². The van der Waals surface area contributed by atoms with Crippen LogP contribution in [0, 0.1) is 25.3 Å². The maximum Gasteiger partial charge on any atom is 2.00 e. The molecule has 0 aromatic heterocycles. The molecule has 0 aliphatic rings. The van der Waals surface area contributed by atoms with Gasteiger partial charge in [0.1, 0.15) is 0 Å². The predicted octanol–water partition coefficient (Wildman–Crippen LogP) is 0.402. The topological polar surface area (TPSA) is 61.1 Å². The van der Waals surface area contributed by atoms with Gasteiger partial charge < -0.3 is 17.3 Å². The molecule has 9 heavy (non-hydrogen) atoms. The molecule has 0 aromatic carbocycles. The van der Waals surface area contributed by atoms with E-state index in [9.17, 15) is 4.79 Å². The quantitative estimate of drug-likeness (QED) is 0.433. The first-order valence-electron chi connectivity index (χ1n) is 1.44. The summed E-state index contributed by atoms with van der Waals surface area (Å²) in [7, 11) is 0. The summed E-state index contributed by atoms with van der Waals surface area (Å²) in [4.78, 5) is 9.55. The number of hydrogen-bond donors (Lipinski definition) is 1. The van der Waals surface area contributed by atoms with E-state index in [2.05, 4.69) is 6.58 Å². The summed E-state index contributed by atoms with van der Waals surface area (Å²) < 4.78 is 0. The molecular weight excluding hydrogens is 290 g/mol. The SMILES string of the molecule is [CH-]=C(C#N)C(=O)O.[CH3-].[W+2]. The zero-order valence-electron chi connectivity index (χ0n) is 4.79. The fraction of sp³-hybridized carbons (Fsp3) is 0. The van der Waals surface area contributed by atoms with Gasteiger partial charge in [0, 0.05) is 0 Å². The summed E-state index contributed by atoms with van der Waals surface area (Å²) >= 11 is 0. The van der Waals surface area contributed by atoms with E-state index in [1.54, 1.807) is 0 Å². The van der Waals surface area contributed by atoms with Gasteiger partial charge in [-0.25, -0.2) is 6.58 Å². The normalized spacial score (nSPS) is 5.22. The van der Waals surface area contributed by atoms with Gasteiger partial charge in [-0.15, -0.1) is 0 Å². The summed E-state index contributed by atoms with van der Waals surface area (Å²) in [5.74, 6) is -1.37. The number of carboxylic acid groups (broad SMARTS) is 1. The summed E-state index contributed by atoms with van der Waals surface area (Å²) in [5.41, 5.74) is -0.681. The Labute approximate surface area is 68.3 Å². The molecule has 0 rings (SSSR count). The fourth-order valence-electron chi connectivity index (χ4n) is 0.0478. The first-order valence-corrected chi connectivity index (χ1v) is 1.44. The maximum absolute atomic E-state index is 9.55. The molecule has 4 heteroatoms. The number of carbonyl (C=O) groups is 1. The molecule has 0 radical (unpaired) electrons. The van der Waals surface area contributed by atoms with Crippen LogP contribution in [-0.2, 0) is 25.9 Å². The number of nitriles is 1. The molecule has 3 nitrogen and oxygen atoms in total. The molecule has 0 saturated carbocycles. The monoisotopic (exact) mass is 295 g/mol. The van der Waals surface area contributed by atoms with Gasteiger partial charge >= 0.3 is 21.1 Å². The van der Waals surface area contributed by atoms with Gasteiger partial charge in [-0.3, -0.25) is 5.26 Å². The Hall–Kier alpha value is -0.612. The Kier molecular flexibility index (Phi) is 12.9. The summed E-state index contributed by atoms with van der Waals surface area (Å²) in [6, 6.07) is 1.26. The molecule has 0 spiro atoms. The van der Waals surface area contributed by atoms with Crippen LogP contribution in [0.1, 0.15) is 0 Å². The van der Waals surface area contributed by atoms with E-state index >= 15 is 0 Å². The van der Waals surface area contributed by atoms with Gasteiger partial charge in [-0.2, -0.15) is 0 Å². The van der Waals surface area contributed by atoms with Gasteiger partial charge in [0.05, 0.1) is 0 Å².